The van der Waals surface area contributed by atoms with E-state index in [1.54, 1.807) is 41.5 Å². The second-order valence-electron chi connectivity index (χ2n) is 13.4. The van der Waals surface area contributed by atoms with Gasteiger partial charge in [0.15, 0.2) is 10.8 Å². The number of aliphatic carboxylic acids is 1. The maximum absolute atomic E-state index is 13.3. The Balaban J connectivity index is 1.84. The fraction of sp³-hybridized carbons (Fsp3) is 0.556. The fourth-order valence-electron chi connectivity index (χ4n) is 3.91. The maximum Gasteiger partial charge on any atom is 0.414 e. The molecular weight excluding hydrogens is 734 g/mol. The summed E-state index contributed by atoms with van der Waals surface area (Å²) in [7, 11) is -5.13. The van der Waals surface area contributed by atoms with Crippen LogP contribution in [0.25, 0.3) is 0 Å². The van der Waals surface area contributed by atoms with Gasteiger partial charge in [-0.05, 0) is 55.4 Å². The zero-order valence-corrected chi connectivity index (χ0v) is 30.9. The number of carbonyl (C=O) groups excluding carboxylic acids is 4. The van der Waals surface area contributed by atoms with Crippen molar-refractivity contribution in [2.45, 2.75) is 97.4 Å². The van der Waals surface area contributed by atoms with Crippen LogP contribution in [0.5, 0.6) is 0 Å². The topological polar surface area (TPSA) is 321 Å². The number of hydrogen-bond donors (Lipinski definition) is 6. The zero-order chi connectivity index (χ0) is 39.4. The highest BCUT2D eigenvalue weighted by Gasteiger charge is 2.54. The molecule has 1 saturated heterocycles. The summed E-state index contributed by atoms with van der Waals surface area (Å²) in [5.74, 6) is -4.13. The van der Waals surface area contributed by atoms with Crippen LogP contribution in [0, 0.1) is 0 Å². The summed E-state index contributed by atoms with van der Waals surface area (Å²) >= 11 is 0.917. The predicted octanol–water partition coefficient (Wildman–Crippen LogP) is 0.00470. The van der Waals surface area contributed by atoms with Crippen LogP contribution in [-0.4, -0.2) is 113 Å². The van der Waals surface area contributed by atoms with Gasteiger partial charge in [-0.3, -0.25) is 24.8 Å². The quantitative estimate of drug-likeness (QED) is 0.0576. The molecular formula is C27H39N11O12S2. The molecule has 3 heterocycles. The Hall–Kier alpha value is -5.43. The van der Waals surface area contributed by atoms with E-state index in [2.05, 4.69) is 41.4 Å². The summed E-state index contributed by atoms with van der Waals surface area (Å²) < 4.78 is 45.5. The van der Waals surface area contributed by atoms with Crippen LogP contribution in [0.4, 0.5) is 14.7 Å². The van der Waals surface area contributed by atoms with Gasteiger partial charge in [0.25, 0.3) is 11.8 Å². The van der Waals surface area contributed by atoms with E-state index in [1.807, 2.05) is 0 Å². The molecule has 52 heavy (non-hydrogen) atoms. The molecule has 3 rings (SSSR count). The van der Waals surface area contributed by atoms with Gasteiger partial charge in [0.2, 0.25) is 11.6 Å². The second kappa shape index (κ2) is 15.4. The molecule has 1 aliphatic heterocycles. The first-order chi connectivity index (χ1) is 23.8. The summed E-state index contributed by atoms with van der Waals surface area (Å²) in [5, 5.41) is 29.0. The number of β-lactam (4-membered cyclic amide) rings is 1. The first kappa shape index (κ1) is 41.0. The molecule has 7 N–H and O–H groups in total. The van der Waals surface area contributed by atoms with Crippen molar-refractivity contribution in [2.24, 2.45) is 10.1 Å². The Labute approximate surface area is 300 Å². The third kappa shape index (κ3) is 11.6. The van der Waals surface area contributed by atoms with Crippen molar-refractivity contribution in [2.75, 3.05) is 5.73 Å². The number of hydrogen-bond acceptors (Lipinski definition) is 17. The lowest BCUT2D eigenvalue weighted by molar-refractivity contribution is -0.161. The van der Waals surface area contributed by atoms with Crippen molar-refractivity contribution < 1.29 is 56.4 Å². The molecule has 1 aliphatic rings. The standard InChI is InChI=1S/C27H39N11O12S2/c1-25(2,3)48-23(43)32-22(33-24(44)49-26(4,5)6)29-9-13-10-37(36-34-13)11-15-17(19(40)38(15)52(45,46)47)31-18(39)16(14-12-51-21(28)30-14)35-50-27(7,8)20(41)42/h10,12,15,17H,9,11H2,1-8H3,(H2,28,30)(H,31,39)(H,41,42)(H,45,46,47)(H2,29,32,33,43,44). The molecule has 1 fully saturated rings. The number of ether oxygens (including phenoxy) is 2. The Morgan fingerprint density at radius 1 is 1.04 bits per heavy atom. The molecule has 0 saturated carbocycles. The minimum absolute atomic E-state index is 0.0165. The Bertz CT molecular complexity index is 1840. The summed E-state index contributed by atoms with van der Waals surface area (Å²) in [4.78, 5) is 75.6. The number of thiazole rings is 1. The Morgan fingerprint density at radius 2 is 1.62 bits per heavy atom. The number of carbonyl (C=O) groups is 5. The van der Waals surface area contributed by atoms with Crippen LogP contribution >= 0.6 is 11.3 Å². The molecule has 0 spiro atoms. The Kier molecular flexibility index (Phi) is 12.2. The van der Waals surface area contributed by atoms with E-state index < -0.39 is 81.4 Å². The van der Waals surface area contributed by atoms with Crippen LogP contribution < -0.4 is 21.7 Å². The fourth-order valence-corrected chi connectivity index (χ4v) is 5.33. The molecule has 0 aliphatic carbocycles. The van der Waals surface area contributed by atoms with Gasteiger partial charge in [-0.15, -0.1) is 16.4 Å². The molecule has 25 heteroatoms. The normalized spacial score (nSPS) is 16.7. The largest absolute Gasteiger partial charge is 0.478 e. The van der Waals surface area contributed by atoms with Gasteiger partial charge in [-0.1, -0.05) is 10.4 Å². The van der Waals surface area contributed by atoms with Crippen molar-refractivity contribution in [1.82, 2.24) is 40.2 Å². The Morgan fingerprint density at radius 3 is 2.10 bits per heavy atom. The zero-order valence-electron chi connectivity index (χ0n) is 29.2. The number of oxime groups is 1. The van der Waals surface area contributed by atoms with E-state index >= 15 is 0 Å². The van der Waals surface area contributed by atoms with Crippen LogP contribution in [-0.2, 0) is 52.1 Å². The van der Waals surface area contributed by atoms with Gasteiger partial charge in [0.1, 0.15) is 28.6 Å². The second-order valence-corrected chi connectivity index (χ2v) is 15.6. The van der Waals surface area contributed by atoms with Crippen molar-refractivity contribution in [1.29, 1.82) is 0 Å². The molecule has 2 aromatic rings. The van der Waals surface area contributed by atoms with Crippen molar-refractivity contribution in [3.8, 4) is 0 Å². The number of nitrogen functional groups attached to an aromatic ring is 1. The molecule has 4 amide bonds. The van der Waals surface area contributed by atoms with Crippen LogP contribution in [0.1, 0.15) is 66.8 Å². The smallest absolute Gasteiger partial charge is 0.414 e. The van der Waals surface area contributed by atoms with Crippen LogP contribution in [0.15, 0.2) is 21.7 Å². The number of nitrogens with one attached hydrogen (secondary N) is 3. The number of rotatable bonds is 11. The third-order valence-corrected chi connectivity index (χ3v) is 7.78. The minimum atomic E-state index is -5.13. The number of aromatic nitrogens is 4. The number of anilines is 1. The molecule has 286 valence electrons. The van der Waals surface area contributed by atoms with Gasteiger partial charge in [-0.2, -0.15) is 8.42 Å². The molecule has 0 radical (unpaired) electrons. The number of guanidine groups is 1. The molecule has 2 unspecified atom stereocenters. The van der Waals surface area contributed by atoms with Gasteiger partial charge in [0, 0.05) is 5.38 Å². The maximum atomic E-state index is 13.3. The monoisotopic (exact) mass is 773 g/mol. The number of nitrogens with zero attached hydrogens (tertiary/aromatic N) is 7. The summed E-state index contributed by atoms with van der Waals surface area (Å²) in [6, 6.07) is -3.04. The number of alkyl carbamates (subject to hydrolysis) is 2. The highest BCUT2D eigenvalue weighted by molar-refractivity contribution is 7.84. The number of carboxylic acid groups (broad SMARTS) is 1. The highest BCUT2D eigenvalue weighted by atomic mass is 32.2. The summed E-state index contributed by atoms with van der Waals surface area (Å²) in [5.41, 5.74) is 1.40. The lowest BCUT2D eigenvalue weighted by Crippen LogP contribution is -2.73. The molecule has 0 bridgehead atoms. The lowest BCUT2D eigenvalue weighted by atomic mass is 9.98. The number of carboxylic acids is 1. The van der Waals surface area contributed by atoms with E-state index in [1.165, 1.54) is 11.6 Å². The van der Waals surface area contributed by atoms with Crippen LogP contribution in [0.2, 0.25) is 0 Å². The van der Waals surface area contributed by atoms with E-state index in [-0.39, 0.29) is 33.3 Å². The summed E-state index contributed by atoms with van der Waals surface area (Å²) in [6.45, 7) is 11.3. The van der Waals surface area contributed by atoms with E-state index in [0.717, 1.165) is 29.9 Å². The van der Waals surface area contributed by atoms with Crippen molar-refractivity contribution in [3.63, 3.8) is 0 Å². The van der Waals surface area contributed by atoms with Gasteiger partial charge in [-0.25, -0.2) is 33.3 Å². The van der Waals surface area contributed by atoms with Gasteiger partial charge in [0.05, 0.1) is 25.3 Å². The van der Waals surface area contributed by atoms with Crippen molar-refractivity contribution in [3.05, 3.63) is 23.0 Å². The first-order valence-electron chi connectivity index (χ1n) is 15.0. The van der Waals surface area contributed by atoms with Crippen molar-refractivity contribution >= 4 is 68.4 Å². The number of amides is 4. The SMILES string of the molecule is CC(C)(C)OC(=O)NC(=NCc1cn(CC2C(NC(=O)C(=NOC(C)(C)C(=O)O)c3csc(N)n3)C(=O)N2S(=O)(=O)O)nn1)NC(=O)OC(C)(C)C. The number of aliphatic imine (C=N–C) groups is 1. The highest BCUT2D eigenvalue weighted by Crippen LogP contribution is 2.26. The molecule has 0 aromatic carbocycles. The van der Waals surface area contributed by atoms with Gasteiger partial charge < -0.3 is 30.5 Å². The van der Waals surface area contributed by atoms with E-state index in [0.29, 0.717) is 0 Å². The minimum Gasteiger partial charge on any atom is -0.478 e. The molecule has 2 aromatic heterocycles. The van der Waals surface area contributed by atoms with Gasteiger partial charge >= 0.3 is 28.5 Å². The average Bonchev–Trinajstić information content (AvgIpc) is 3.60. The predicted molar refractivity (Wildman–Crippen MR) is 180 cm³/mol. The lowest BCUT2D eigenvalue weighted by Gasteiger charge is -2.43. The van der Waals surface area contributed by atoms with E-state index in [9.17, 15) is 42.0 Å². The molecule has 23 nitrogen and oxygen atoms in total. The number of nitrogens with two attached hydrogens (primary N) is 1. The van der Waals surface area contributed by atoms with Crippen LogP contribution in [0.3, 0.4) is 0 Å². The average molecular weight is 774 g/mol. The third-order valence-electron chi connectivity index (χ3n) is 6.16. The molecule has 2 atom stereocenters. The van der Waals surface area contributed by atoms with E-state index in [4.69, 9.17) is 20.0 Å². The summed E-state index contributed by atoms with van der Waals surface area (Å²) in [6.07, 6.45) is -0.608. The first-order valence-corrected chi connectivity index (χ1v) is 17.3.